The first-order chi connectivity index (χ1) is 8.99. The summed E-state index contributed by atoms with van der Waals surface area (Å²) in [5, 5.41) is 3.28. The molecule has 1 heterocycles. The predicted octanol–water partition coefficient (Wildman–Crippen LogP) is 3.02. The van der Waals surface area contributed by atoms with Gasteiger partial charge in [0.15, 0.2) is 0 Å². The Bertz CT molecular complexity index is 417. The van der Waals surface area contributed by atoms with Crippen LogP contribution < -0.4 is 11.1 Å². The number of halogens is 3. The summed E-state index contributed by atoms with van der Waals surface area (Å²) in [6, 6.07) is 5.84. The van der Waals surface area contributed by atoms with E-state index in [0.29, 0.717) is 24.9 Å². The second-order valence-corrected chi connectivity index (χ2v) is 5.05. The van der Waals surface area contributed by atoms with Crippen molar-refractivity contribution in [1.29, 1.82) is 0 Å². The van der Waals surface area contributed by atoms with Gasteiger partial charge < -0.3 is 11.1 Å². The van der Waals surface area contributed by atoms with Crippen molar-refractivity contribution in [2.75, 3.05) is 13.1 Å². The first-order valence-corrected chi connectivity index (χ1v) is 6.61. The highest BCUT2D eigenvalue weighted by atomic mass is 19.4. The summed E-state index contributed by atoms with van der Waals surface area (Å²) < 4.78 is 39.5. The van der Waals surface area contributed by atoms with Crippen molar-refractivity contribution in [2.45, 2.75) is 37.4 Å². The zero-order chi connectivity index (χ0) is 13.9. The molecular weight excluding hydrogens is 253 g/mol. The van der Waals surface area contributed by atoms with Crippen molar-refractivity contribution in [2.24, 2.45) is 5.73 Å². The van der Waals surface area contributed by atoms with Gasteiger partial charge in [-0.1, -0.05) is 24.6 Å². The van der Waals surface area contributed by atoms with Crippen molar-refractivity contribution in [3.8, 4) is 0 Å². The van der Waals surface area contributed by atoms with E-state index in [1.165, 1.54) is 6.07 Å². The lowest BCUT2D eigenvalue weighted by Crippen LogP contribution is -2.48. The molecule has 0 radical (unpaired) electrons. The number of nitrogens with two attached hydrogens (primary N) is 1. The quantitative estimate of drug-likeness (QED) is 0.887. The fraction of sp³-hybridized carbons (Fsp3) is 0.571. The van der Waals surface area contributed by atoms with Crippen LogP contribution in [0.4, 0.5) is 13.2 Å². The summed E-state index contributed by atoms with van der Waals surface area (Å²) in [6.07, 6.45) is -1.16. The summed E-state index contributed by atoms with van der Waals surface area (Å²) in [5.41, 5.74) is 4.79. The molecule has 1 aromatic carbocycles. The maximum absolute atomic E-state index is 13.2. The third kappa shape index (κ3) is 2.92. The van der Waals surface area contributed by atoms with Crippen LogP contribution in [0.3, 0.4) is 0 Å². The lowest BCUT2D eigenvalue weighted by Gasteiger charge is -2.40. The van der Waals surface area contributed by atoms with Crippen molar-refractivity contribution in [3.63, 3.8) is 0 Å². The third-order valence-electron chi connectivity index (χ3n) is 3.81. The molecule has 1 aliphatic heterocycles. The van der Waals surface area contributed by atoms with Gasteiger partial charge in [-0.15, -0.1) is 0 Å². The van der Waals surface area contributed by atoms with Crippen molar-refractivity contribution in [1.82, 2.24) is 5.32 Å². The van der Waals surface area contributed by atoms with Crippen LogP contribution in [0.5, 0.6) is 0 Å². The number of alkyl halides is 3. The van der Waals surface area contributed by atoms with Gasteiger partial charge in [0.1, 0.15) is 0 Å². The summed E-state index contributed by atoms with van der Waals surface area (Å²) in [5.74, 6) is 0. The Balaban J connectivity index is 2.47. The van der Waals surface area contributed by atoms with Gasteiger partial charge >= 0.3 is 6.18 Å². The molecule has 5 heteroatoms. The van der Waals surface area contributed by atoms with Crippen LogP contribution >= 0.6 is 0 Å². The summed E-state index contributed by atoms with van der Waals surface area (Å²) in [6.45, 7) is 1.12. The summed E-state index contributed by atoms with van der Waals surface area (Å²) in [4.78, 5) is 0. The predicted molar refractivity (Wildman–Crippen MR) is 68.6 cm³/mol. The molecule has 1 atom stereocenters. The second-order valence-electron chi connectivity index (χ2n) is 5.05. The topological polar surface area (TPSA) is 38.0 Å². The monoisotopic (exact) mass is 272 g/mol. The van der Waals surface area contributed by atoms with Crippen LogP contribution in [0.15, 0.2) is 24.3 Å². The van der Waals surface area contributed by atoms with Gasteiger partial charge in [0.05, 0.1) is 5.56 Å². The highest BCUT2D eigenvalue weighted by molar-refractivity contribution is 5.36. The number of piperidine rings is 1. The van der Waals surface area contributed by atoms with Crippen LogP contribution in [0, 0.1) is 0 Å². The van der Waals surface area contributed by atoms with Crippen molar-refractivity contribution < 1.29 is 13.2 Å². The molecular formula is C14H19F3N2. The Morgan fingerprint density at radius 2 is 1.95 bits per heavy atom. The van der Waals surface area contributed by atoms with E-state index in [2.05, 4.69) is 5.32 Å². The van der Waals surface area contributed by atoms with Gasteiger partial charge in [-0.2, -0.15) is 13.2 Å². The van der Waals surface area contributed by atoms with Gasteiger partial charge in [-0.05, 0) is 44.0 Å². The van der Waals surface area contributed by atoms with Crippen LogP contribution in [0.25, 0.3) is 0 Å². The molecule has 0 saturated carbocycles. The highest BCUT2D eigenvalue weighted by Crippen LogP contribution is 2.41. The molecule has 3 N–H and O–H groups in total. The van der Waals surface area contributed by atoms with Gasteiger partial charge in [-0.3, -0.25) is 0 Å². The first kappa shape index (κ1) is 14.3. The van der Waals surface area contributed by atoms with Gasteiger partial charge in [0.2, 0.25) is 0 Å². The van der Waals surface area contributed by atoms with E-state index >= 15 is 0 Å². The minimum absolute atomic E-state index is 0.340. The molecule has 1 unspecified atom stereocenters. The SMILES string of the molecule is NCCC1(c2ccccc2C(F)(F)F)CCCCN1. The minimum atomic E-state index is -4.32. The van der Waals surface area contributed by atoms with Gasteiger partial charge in [0, 0.05) is 5.54 Å². The fourth-order valence-corrected chi connectivity index (χ4v) is 2.94. The average molecular weight is 272 g/mol. The molecule has 0 amide bonds. The molecule has 0 bridgehead atoms. The Morgan fingerprint density at radius 1 is 1.21 bits per heavy atom. The first-order valence-electron chi connectivity index (χ1n) is 6.61. The molecule has 2 nitrogen and oxygen atoms in total. The number of nitrogens with one attached hydrogen (secondary N) is 1. The molecule has 19 heavy (non-hydrogen) atoms. The van der Waals surface area contributed by atoms with E-state index in [-0.39, 0.29) is 0 Å². The molecule has 2 rings (SSSR count). The minimum Gasteiger partial charge on any atom is -0.330 e. The van der Waals surface area contributed by atoms with Crippen LogP contribution in [-0.4, -0.2) is 13.1 Å². The zero-order valence-electron chi connectivity index (χ0n) is 10.8. The number of hydrogen-bond acceptors (Lipinski definition) is 2. The van der Waals surface area contributed by atoms with E-state index in [0.717, 1.165) is 25.5 Å². The second kappa shape index (κ2) is 5.51. The van der Waals surface area contributed by atoms with E-state index < -0.39 is 17.3 Å². The van der Waals surface area contributed by atoms with Gasteiger partial charge in [0.25, 0.3) is 0 Å². The fourth-order valence-electron chi connectivity index (χ4n) is 2.94. The van der Waals surface area contributed by atoms with Crippen LogP contribution in [0.2, 0.25) is 0 Å². The Kier molecular flexibility index (Phi) is 4.16. The largest absolute Gasteiger partial charge is 0.416 e. The molecule has 0 spiro atoms. The standard InChI is InChI=1S/C14H19F3N2/c15-14(16,17)12-6-2-1-5-11(12)13(8-9-18)7-3-4-10-19-13/h1-2,5-6,19H,3-4,7-10,18H2. The Morgan fingerprint density at radius 3 is 2.53 bits per heavy atom. The Hall–Kier alpha value is -1.07. The average Bonchev–Trinajstić information content (AvgIpc) is 2.39. The zero-order valence-corrected chi connectivity index (χ0v) is 10.8. The molecule has 0 aliphatic carbocycles. The summed E-state index contributed by atoms with van der Waals surface area (Å²) >= 11 is 0. The number of hydrogen-bond donors (Lipinski definition) is 2. The molecule has 0 aromatic heterocycles. The van der Waals surface area contributed by atoms with E-state index in [9.17, 15) is 13.2 Å². The van der Waals surface area contributed by atoms with E-state index in [1.807, 2.05) is 0 Å². The van der Waals surface area contributed by atoms with E-state index in [4.69, 9.17) is 5.73 Å². The maximum Gasteiger partial charge on any atom is 0.416 e. The van der Waals surface area contributed by atoms with Crippen LogP contribution in [-0.2, 0) is 11.7 Å². The van der Waals surface area contributed by atoms with Gasteiger partial charge in [-0.25, -0.2) is 0 Å². The lowest BCUT2D eigenvalue weighted by atomic mass is 9.77. The molecule has 1 aliphatic rings. The maximum atomic E-state index is 13.2. The number of benzene rings is 1. The summed E-state index contributed by atoms with van der Waals surface area (Å²) in [7, 11) is 0. The Labute approximate surface area is 111 Å². The highest BCUT2D eigenvalue weighted by Gasteiger charge is 2.41. The molecule has 1 fully saturated rings. The molecule has 1 saturated heterocycles. The van der Waals surface area contributed by atoms with E-state index in [1.54, 1.807) is 12.1 Å². The molecule has 106 valence electrons. The van der Waals surface area contributed by atoms with Crippen molar-refractivity contribution >= 4 is 0 Å². The molecule has 1 aromatic rings. The normalized spacial score (nSPS) is 24.4. The lowest BCUT2D eigenvalue weighted by molar-refractivity contribution is -0.139. The smallest absolute Gasteiger partial charge is 0.330 e. The number of rotatable bonds is 3. The van der Waals surface area contributed by atoms with Crippen molar-refractivity contribution in [3.05, 3.63) is 35.4 Å². The van der Waals surface area contributed by atoms with Crippen LogP contribution in [0.1, 0.15) is 36.8 Å². The third-order valence-corrected chi connectivity index (χ3v) is 3.81.